The number of phenols is 3. The zero-order chi connectivity index (χ0) is 33.4. The van der Waals surface area contributed by atoms with Crippen molar-refractivity contribution < 1.29 is 84.0 Å². The second kappa shape index (κ2) is 13.4. The molecule has 10 atom stereocenters. The van der Waals surface area contributed by atoms with Crippen LogP contribution in [0.2, 0.25) is 0 Å². The molecule has 2 fully saturated rings. The normalized spacial score (nSPS) is 31.4. The highest BCUT2D eigenvalue weighted by Gasteiger charge is 2.47. The third-order valence-electron chi connectivity index (χ3n) is 7.49. The van der Waals surface area contributed by atoms with E-state index >= 15 is 0 Å². The highest BCUT2D eigenvalue weighted by atomic mass is 16.7. The number of ether oxygens (including phenoxy) is 5. The zero-order valence-electron chi connectivity index (χ0n) is 24.0. The third kappa shape index (κ3) is 6.59. The molecule has 46 heavy (non-hydrogen) atoms. The van der Waals surface area contributed by atoms with Gasteiger partial charge < -0.3 is 74.7 Å². The van der Waals surface area contributed by atoms with E-state index in [9.17, 15) is 55.9 Å². The maximum atomic E-state index is 11.3. The van der Waals surface area contributed by atoms with Crippen LogP contribution in [0, 0.1) is 0 Å². The highest BCUT2D eigenvalue weighted by Crippen LogP contribution is 2.43. The fourth-order valence-electron chi connectivity index (χ4n) is 4.99. The van der Waals surface area contributed by atoms with Crippen LogP contribution in [0.15, 0.2) is 40.8 Å². The predicted octanol–water partition coefficient (Wildman–Crippen LogP) is -1.57. The van der Waals surface area contributed by atoms with Gasteiger partial charge >= 0.3 is 17.3 Å². The van der Waals surface area contributed by atoms with Crippen molar-refractivity contribution in [3.63, 3.8) is 0 Å². The van der Waals surface area contributed by atoms with Crippen LogP contribution in [-0.2, 0) is 19.0 Å². The number of aliphatic hydroxyl groups is 7. The number of aliphatic hydroxyl groups excluding tert-OH is 7. The summed E-state index contributed by atoms with van der Waals surface area (Å²) in [7, 11) is 0. The van der Waals surface area contributed by atoms with E-state index in [1.165, 1.54) is 18.2 Å². The van der Waals surface area contributed by atoms with E-state index < -0.39 is 97.8 Å². The number of rotatable bonds is 8. The lowest BCUT2D eigenvalue weighted by Gasteiger charge is -2.39. The molecule has 17 nitrogen and oxygen atoms in total. The maximum absolute atomic E-state index is 11.3. The molecule has 0 unspecified atom stereocenters. The molecule has 0 aliphatic carbocycles. The number of esters is 1. The summed E-state index contributed by atoms with van der Waals surface area (Å²) in [5.41, 5.74) is 0.0251. The van der Waals surface area contributed by atoms with Gasteiger partial charge in [-0.15, -0.1) is 0 Å². The van der Waals surface area contributed by atoms with Gasteiger partial charge in [-0.1, -0.05) is 0 Å². The fourth-order valence-corrected chi connectivity index (χ4v) is 4.99. The average molecular weight is 654 g/mol. The Hall–Kier alpha value is -4.04. The molecule has 0 radical (unpaired) electrons. The number of benzene rings is 2. The van der Waals surface area contributed by atoms with Gasteiger partial charge in [-0.2, -0.15) is 0 Å². The lowest BCUT2D eigenvalue weighted by molar-refractivity contribution is -0.278. The summed E-state index contributed by atoms with van der Waals surface area (Å²) in [6.07, 6.45) is -16.6. The quantitative estimate of drug-likeness (QED) is 0.0746. The van der Waals surface area contributed by atoms with Crippen LogP contribution in [0.3, 0.4) is 0 Å². The summed E-state index contributed by atoms with van der Waals surface area (Å²) in [6.45, 7) is -0.117. The largest absolute Gasteiger partial charge is 0.507 e. The van der Waals surface area contributed by atoms with Crippen molar-refractivity contribution in [3.05, 3.63) is 36.4 Å². The zero-order valence-corrected chi connectivity index (χ0v) is 24.0. The monoisotopic (exact) mass is 653 g/mol. The summed E-state index contributed by atoms with van der Waals surface area (Å²) in [5, 5.41) is 102. The summed E-state index contributed by atoms with van der Waals surface area (Å²) >= 11 is 0. The van der Waals surface area contributed by atoms with Crippen molar-refractivity contribution in [2.24, 2.45) is 0 Å². The second-order valence-corrected chi connectivity index (χ2v) is 10.7. The third-order valence-corrected chi connectivity index (χ3v) is 7.49. The minimum Gasteiger partial charge on any atom is -0.507 e. The van der Waals surface area contributed by atoms with Crippen LogP contribution in [-0.4, -0.2) is 132 Å². The Bertz CT molecular complexity index is 1560. The molecule has 2 aliphatic heterocycles. The van der Waals surface area contributed by atoms with Crippen molar-refractivity contribution in [3.8, 4) is 40.1 Å². The Morgan fingerprint density at radius 3 is 1.98 bits per heavy atom. The average Bonchev–Trinajstić information content (AvgIpc) is 3.02. The van der Waals surface area contributed by atoms with Crippen molar-refractivity contribution in [1.82, 2.24) is 0 Å². The van der Waals surface area contributed by atoms with Gasteiger partial charge in [0, 0.05) is 25.1 Å². The van der Waals surface area contributed by atoms with Gasteiger partial charge in [0.2, 0.25) is 18.3 Å². The van der Waals surface area contributed by atoms with Crippen molar-refractivity contribution in [2.45, 2.75) is 68.3 Å². The van der Waals surface area contributed by atoms with Crippen LogP contribution >= 0.6 is 0 Å². The van der Waals surface area contributed by atoms with E-state index in [0.717, 1.165) is 25.1 Å². The molecule has 0 saturated carbocycles. The molecule has 2 saturated heterocycles. The smallest absolute Gasteiger partial charge is 0.402 e. The van der Waals surface area contributed by atoms with E-state index in [2.05, 4.69) is 0 Å². The van der Waals surface area contributed by atoms with E-state index in [4.69, 9.17) is 28.1 Å². The Morgan fingerprint density at radius 2 is 1.37 bits per heavy atom. The molecule has 3 aromatic rings. The van der Waals surface area contributed by atoms with Crippen LogP contribution in [0.4, 0.5) is 0 Å². The van der Waals surface area contributed by atoms with Gasteiger partial charge in [0.15, 0.2) is 11.5 Å². The van der Waals surface area contributed by atoms with Crippen molar-refractivity contribution in [1.29, 1.82) is 0 Å². The molecule has 0 bridgehead atoms. The molecule has 17 heteroatoms. The first-order valence-corrected chi connectivity index (χ1v) is 13.9. The molecule has 0 spiro atoms. The van der Waals surface area contributed by atoms with E-state index in [0.29, 0.717) is 0 Å². The minimum absolute atomic E-state index is 0.0267. The molecule has 1 aromatic heterocycles. The molecular weight excluding hydrogens is 620 g/mol. The van der Waals surface area contributed by atoms with Crippen LogP contribution in [0.25, 0.3) is 22.3 Å². The summed E-state index contributed by atoms with van der Waals surface area (Å²) < 4.78 is 33.6. The van der Waals surface area contributed by atoms with Gasteiger partial charge in [0.1, 0.15) is 72.3 Å². The van der Waals surface area contributed by atoms with Gasteiger partial charge in [-0.25, -0.2) is 4.42 Å². The SMILES string of the molecule is CC(=O)OC[C@H]1O[C@@H](Oc2cc3c(O[C@@H]4O[C@H](CO)[C@@H](O)[C@H](O)[C@H]4O)cc(O)cc3[o+]c2-c2ccc(O)c(O)c2)[C@H](O)[C@@H](O)[C@@H]1O. The van der Waals surface area contributed by atoms with Crippen LogP contribution in [0.5, 0.6) is 28.7 Å². The Morgan fingerprint density at radius 1 is 0.761 bits per heavy atom. The van der Waals surface area contributed by atoms with E-state index in [1.54, 1.807) is 0 Å². The lowest BCUT2D eigenvalue weighted by Crippen LogP contribution is -2.60. The number of hydrogen-bond acceptors (Lipinski definition) is 16. The number of carbonyl (C=O) groups is 1. The molecule has 10 N–H and O–H groups in total. The fraction of sp³-hybridized carbons (Fsp3) is 0.448. The van der Waals surface area contributed by atoms with Crippen molar-refractivity contribution >= 4 is 16.9 Å². The Balaban J connectivity index is 1.59. The van der Waals surface area contributed by atoms with Gasteiger partial charge in [-0.3, -0.25) is 4.79 Å². The predicted molar refractivity (Wildman–Crippen MR) is 149 cm³/mol. The first kappa shape index (κ1) is 33.3. The number of aromatic hydroxyl groups is 3. The minimum atomic E-state index is -1.86. The second-order valence-electron chi connectivity index (χ2n) is 10.7. The molecule has 3 heterocycles. The van der Waals surface area contributed by atoms with E-state index in [1.807, 2.05) is 0 Å². The summed E-state index contributed by atoms with van der Waals surface area (Å²) in [4.78, 5) is 11.3. The van der Waals surface area contributed by atoms with Gasteiger partial charge in [0.25, 0.3) is 0 Å². The first-order valence-electron chi connectivity index (χ1n) is 13.9. The summed E-state index contributed by atoms with van der Waals surface area (Å²) in [5.74, 6) is -2.75. The first-order chi connectivity index (χ1) is 21.8. The molecule has 0 amide bonds. The Kier molecular flexibility index (Phi) is 9.68. The van der Waals surface area contributed by atoms with Gasteiger partial charge in [0.05, 0.1) is 18.2 Å². The number of carbonyl (C=O) groups excluding carboxylic acids is 1. The molecule has 2 aliphatic rings. The molecule has 5 rings (SSSR count). The standard InChI is InChI=1S/C29H32O17/c1-10(31)41-9-20-22(36)24(38)26(40)29(46-20)44-18-7-13-16(42-27(18)11-2-3-14(33)15(34)4-11)5-12(32)6-17(13)43-28-25(39)23(37)21(35)19(8-30)45-28/h2-7,19-26,28-30,35-40H,8-9H2,1H3,(H2-,32,33,34)/p+1/t19-,20-,21-,22-,23+,24+,25-,26-,28-,29-/m1/s1. The molecule has 250 valence electrons. The highest BCUT2D eigenvalue weighted by molar-refractivity contribution is 5.89. The Labute approximate surface area is 259 Å². The van der Waals surface area contributed by atoms with Crippen LogP contribution < -0.4 is 9.47 Å². The number of phenolic OH excluding ortho intramolecular Hbond substituents is 3. The lowest BCUT2D eigenvalue weighted by atomic mass is 9.99. The molecule has 2 aromatic carbocycles. The topological polar surface area (TPSA) is 277 Å². The number of hydrogen-bond donors (Lipinski definition) is 10. The molecular formula is C29H33O17+. The van der Waals surface area contributed by atoms with Gasteiger partial charge in [-0.05, 0) is 12.1 Å². The number of fused-ring (bicyclic) bond motifs is 1. The van der Waals surface area contributed by atoms with Crippen LogP contribution in [0.1, 0.15) is 6.92 Å². The summed E-state index contributed by atoms with van der Waals surface area (Å²) in [6, 6.07) is 7.12. The van der Waals surface area contributed by atoms with E-state index in [-0.39, 0.29) is 33.8 Å². The van der Waals surface area contributed by atoms with Crippen molar-refractivity contribution in [2.75, 3.05) is 13.2 Å². The maximum Gasteiger partial charge on any atom is 0.402 e.